The number of benzene rings is 1. The van der Waals surface area contributed by atoms with E-state index >= 15 is 0 Å². The Labute approximate surface area is 169 Å². The fourth-order valence-corrected chi connectivity index (χ4v) is 3.61. The van der Waals surface area contributed by atoms with Crippen molar-refractivity contribution >= 4 is 29.0 Å². The molecule has 1 aromatic carbocycles. The van der Waals surface area contributed by atoms with Crippen molar-refractivity contribution in [2.45, 2.75) is 56.7 Å². The Morgan fingerprint density at radius 2 is 1.75 bits per heavy atom. The lowest BCUT2D eigenvalue weighted by Crippen LogP contribution is -2.49. The molecule has 0 bridgehead atoms. The first-order valence-electron chi connectivity index (χ1n) is 9.34. The molecule has 2 rings (SSSR count). The second-order valence-corrected chi connectivity index (χ2v) is 8.82. The van der Waals surface area contributed by atoms with Crippen molar-refractivity contribution in [3.8, 4) is 5.75 Å². The standard InChI is InChI=1S/C20H27NO6S/c1-20(2,16(21)18(23)27-15-11-7-4-8-12-15)28-19(24)26-13-25-17(22)14-9-5-3-6-10-14/h4,7-8,11-12,14,16H,3,5-6,9-10,13,21H2,1-2H3/t16-/m0/s1. The normalized spacial score (nSPS) is 16.1. The minimum atomic E-state index is -1.06. The Kier molecular flexibility index (Phi) is 8.32. The summed E-state index contributed by atoms with van der Waals surface area (Å²) in [6.45, 7) is 2.84. The first kappa shape index (κ1) is 22.2. The highest BCUT2D eigenvalue weighted by molar-refractivity contribution is 8.14. The van der Waals surface area contributed by atoms with Gasteiger partial charge in [-0.05, 0) is 50.6 Å². The van der Waals surface area contributed by atoms with Crippen LogP contribution in [0.5, 0.6) is 5.75 Å². The second-order valence-electron chi connectivity index (χ2n) is 7.23. The fraction of sp³-hybridized carbons (Fsp3) is 0.550. The molecule has 0 spiro atoms. The van der Waals surface area contributed by atoms with E-state index in [1.807, 2.05) is 0 Å². The molecule has 1 aromatic rings. The fourth-order valence-electron chi connectivity index (χ4n) is 2.85. The van der Waals surface area contributed by atoms with Gasteiger partial charge in [0.25, 0.3) is 0 Å². The van der Waals surface area contributed by atoms with Gasteiger partial charge >= 0.3 is 17.2 Å². The van der Waals surface area contributed by atoms with E-state index in [4.69, 9.17) is 19.9 Å². The van der Waals surface area contributed by atoms with Crippen LogP contribution in [0.1, 0.15) is 46.0 Å². The maximum Gasteiger partial charge on any atom is 0.370 e. The van der Waals surface area contributed by atoms with Crippen LogP contribution in [0.4, 0.5) is 4.79 Å². The van der Waals surface area contributed by atoms with Crippen molar-refractivity contribution in [3.63, 3.8) is 0 Å². The zero-order valence-corrected chi connectivity index (χ0v) is 17.0. The topological polar surface area (TPSA) is 105 Å². The van der Waals surface area contributed by atoms with Gasteiger partial charge in [-0.1, -0.05) is 37.5 Å². The number of hydrogen-bond donors (Lipinski definition) is 1. The summed E-state index contributed by atoms with van der Waals surface area (Å²) in [7, 11) is 0. The van der Waals surface area contributed by atoms with Crippen molar-refractivity contribution in [1.29, 1.82) is 0 Å². The SMILES string of the molecule is CC(C)(SC(=O)OCOC(=O)C1CCCCC1)[C@@H](N)C(=O)Oc1ccccc1. The average molecular weight is 410 g/mol. The lowest BCUT2D eigenvalue weighted by molar-refractivity contribution is -0.157. The number of esters is 2. The third kappa shape index (κ3) is 6.83. The molecule has 2 N–H and O–H groups in total. The highest BCUT2D eigenvalue weighted by Crippen LogP contribution is 2.30. The van der Waals surface area contributed by atoms with Crippen LogP contribution in [0, 0.1) is 5.92 Å². The lowest BCUT2D eigenvalue weighted by Gasteiger charge is -2.27. The molecule has 0 aliphatic heterocycles. The Morgan fingerprint density at radius 3 is 2.39 bits per heavy atom. The van der Waals surface area contributed by atoms with Gasteiger partial charge in [0, 0.05) is 4.75 Å². The predicted molar refractivity (Wildman–Crippen MR) is 106 cm³/mol. The molecule has 8 heteroatoms. The third-order valence-electron chi connectivity index (χ3n) is 4.63. The molecule has 0 heterocycles. The summed E-state index contributed by atoms with van der Waals surface area (Å²) in [6, 6.07) is 7.49. The maximum absolute atomic E-state index is 12.2. The summed E-state index contributed by atoms with van der Waals surface area (Å²) in [4.78, 5) is 36.2. The van der Waals surface area contributed by atoms with Crippen LogP contribution in [0.3, 0.4) is 0 Å². The Bertz CT molecular complexity index is 673. The van der Waals surface area contributed by atoms with E-state index in [0.29, 0.717) is 5.75 Å². The number of rotatable bonds is 7. The van der Waals surface area contributed by atoms with Gasteiger partial charge in [0.1, 0.15) is 11.8 Å². The van der Waals surface area contributed by atoms with E-state index in [1.165, 1.54) is 0 Å². The highest BCUT2D eigenvalue weighted by atomic mass is 32.2. The molecule has 1 saturated carbocycles. The molecule has 0 amide bonds. The molecule has 0 aromatic heterocycles. The maximum atomic E-state index is 12.2. The average Bonchev–Trinajstić information content (AvgIpc) is 2.68. The number of ether oxygens (including phenoxy) is 3. The molecule has 1 fully saturated rings. The van der Waals surface area contributed by atoms with Crippen molar-refractivity contribution in [3.05, 3.63) is 30.3 Å². The Balaban J connectivity index is 1.75. The molecule has 0 radical (unpaired) electrons. The van der Waals surface area contributed by atoms with E-state index in [-0.39, 0.29) is 11.9 Å². The van der Waals surface area contributed by atoms with E-state index in [1.54, 1.807) is 44.2 Å². The molecule has 1 atom stereocenters. The minimum absolute atomic E-state index is 0.113. The van der Waals surface area contributed by atoms with Crippen molar-refractivity contribution < 1.29 is 28.6 Å². The van der Waals surface area contributed by atoms with Gasteiger partial charge in [-0.2, -0.15) is 0 Å². The molecule has 1 aliphatic carbocycles. The van der Waals surface area contributed by atoms with E-state index in [0.717, 1.165) is 43.9 Å². The largest absolute Gasteiger partial charge is 0.428 e. The Hall–Kier alpha value is -2.06. The summed E-state index contributed by atoms with van der Waals surface area (Å²) in [5.74, 6) is -0.723. The van der Waals surface area contributed by atoms with Crippen molar-refractivity contribution in [2.75, 3.05) is 6.79 Å². The molecule has 28 heavy (non-hydrogen) atoms. The molecule has 0 unspecified atom stereocenters. The van der Waals surface area contributed by atoms with Crippen LogP contribution in [-0.4, -0.2) is 34.8 Å². The predicted octanol–water partition coefficient (Wildman–Crippen LogP) is 3.65. The van der Waals surface area contributed by atoms with Crippen LogP contribution in [0.25, 0.3) is 0 Å². The highest BCUT2D eigenvalue weighted by Gasteiger charge is 2.37. The van der Waals surface area contributed by atoms with Gasteiger partial charge in [-0.15, -0.1) is 0 Å². The zero-order valence-electron chi connectivity index (χ0n) is 16.2. The van der Waals surface area contributed by atoms with E-state index in [2.05, 4.69) is 0 Å². The molecular formula is C20H27NO6S. The number of hydrogen-bond acceptors (Lipinski definition) is 8. The van der Waals surface area contributed by atoms with Crippen LogP contribution in [-0.2, 0) is 19.1 Å². The summed E-state index contributed by atoms with van der Waals surface area (Å²) in [5.41, 5.74) is 5.98. The van der Waals surface area contributed by atoms with Gasteiger partial charge in [0.05, 0.1) is 5.92 Å². The molecule has 154 valence electrons. The van der Waals surface area contributed by atoms with Crippen molar-refractivity contribution in [1.82, 2.24) is 0 Å². The van der Waals surface area contributed by atoms with Gasteiger partial charge in [-0.25, -0.2) is 9.59 Å². The van der Waals surface area contributed by atoms with Crippen LogP contribution in [0.15, 0.2) is 30.3 Å². The molecular weight excluding hydrogens is 382 g/mol. The van der Waals surface area contributed by atoms with Crippen molar-refractivity contribution in [2.24, 2.45) is 11.7 Å². The summed E-state index contributed by atoms with van der Waals surface area (Å²) >= 11 is 0.758. The number of nitrogens with two attached hydrogens (primary N) is 1. The first-order valence-corrected chi connectivity index (χ1v) is 10.2. The molecule has 0 saturated heterocycles. The van der Waals surface area contributed by atoms with E-state index in [9.17, 15) is 14.4 Å². The summed E-state index contributed by atoms with van der Waals surface area (Å²) in [6.07, 6.45) is 4.79. The Morgan fingerprint density at radius 1 is 1.11 bits per heavy atom. The summed E-state index contributed by atoms with van der Waals surface area (Å²) < 4.78 is 14.2. The molecule has 1 aliphatic rings. The lowest BCUT2D eigenvalue weighted by atomic mass is 9.89. The third-order valence-corrected chi connectivity index (χ3v) is 5.69. The quantitative estimate of drug-likeness (QED) is 0.413. The monoisotopic (exact) mass is 409 g/mol. The van der Waals surface area contributed by atoms with Gasteiger partial charge in [-0.3, -0.25) is 4.79 Å². The van der Waals surface area contributed by atoms with Crippen LogP contribution in [0.2, 0.25) is 0 Å². The number of carbonyl (C=O) groups excluding carboxylic acids is 3. The number of para-hydroxylation sites is 1. The first-order chi connectivity index (χ1) is 13.3. The van der Waals surface area contributed by atoms with Gasteiger partial charge in [0.2, 0.25) is 6.79 Å². The van der Waals surface area contributed by atoms with Gasteiger partial charge < -0.3 is 19.9 Å². The minimum Gasteiger partial charge on any atom is -0.428 e. The summed E-state index contributed by atoms with van der Waals surface area (Å²) in [5, 5.41) is -0.676. The van der Waals surface area contributed by atoms with E-state index < -0.39 is 28.9 Å². The number of thioether (sulfide) groups is 1. The molecule has 7 nitrogen and oxygen atoms in total. The zero-order chi connectivity index (χ0) is 20.6. The smallest absolute Gasteiger partial charge is 0.370 e. The number of carbonyl (C=O) groups is 3. The van der Waals surface area contributed by atoms with Crippen LogP contribution >= 0.6 is 11.8 Å². The van der Waals surface area contributed by atoms with Crippen LogP contribution < -0.4 is 10.5 Å². The second kappa shape index (κ2) is 10.5. The van der Waals surface area contributed by atoms with Gasteiger partial charge in [0.15, 0.2) is 0 Å².